The molecule has 0 saturated heterocycles. The van der Waals surface area contributed by atoms with E-state index in [4.69, 9.17) is 8.83 Å². The molecule has 0 atom stereocenters. The fourth-order valence-electron chi connectivity index (χ4n) is 9.69. The quantitative estimate of drug-likeness (QED) is 0.176. The van der Waals surface area contributed by atoms with Crippen LogP contribution in [-0.2, 0) is 5.41 Å². The number of nitrogens with zero attached hydrogens (tertiary/aromatic N) is 1. The molecular formula is C55H37NO2. The lowest BCUT2D eigenvalue weighted by Crippen LogP contribution is -2.16. The number of para-hydroxylation sites is 1. The fraction of sp³-hybridized carbons (Fsp3) is 0.0545. The summed E-state index contributed by atoms with van der Waals surface area (Å²) in [5.74, 6) is 0. The monoisotopic (exact) mass is 743 g/mol. The predicted molar refractivity (Wildman–Crippen MR) is 242 cm³/mol. The van der Waals surface area contributed by atoms with Crippen molar-refractivity contribution < 1.29 is 8.83 Å². The average molecular weight is 744 g/mol. The first-order valence-corrected chi connectivity index (χ1v) is 20.0. The van der Waals surface area contributed by atoms with Crippen LogP contribution in [-0.4, -0.2) is 0 Å². The minimum absolute atomic E-state index is 0.131. The molecule has 274 valence electrons. The molecule has 0 unspecified atom stereocenters. The van der Waals surface area contributed by atoms with Gasteiger partial charge in [-0.25, -0.2) is 0 Å². The summed E-state index contributed by atoms with van der Waals surface area (Å²) in [5, 5.41) is 6.84. The van der Waals surface area contributed by atoms with Crippen molar-refractivity contribution in [1.29, 1.82) is 0 Å². The second kappa shape index (κ2) is 12.3. The summed E-state index contributed by atoms with van der Waals surface area (Å²) in [6.07, 6.45) is 0. The highest BCUT2D eigenvalue weighted by Gasteiger charge is 2.35. The van der Waals surface area contributed by atoms with Gasteiger partial charge >= 0.3 is 0 Å². The molecule has 11 aromatic rings. The highest BCUT2D eigenvalue weighted by molar-refractivity contribution is 6.19. The smallest absolute Gasteiger partial charge is 0.143 e. The van der Waals surface area contributed by atoms with Crippen LogP contribution in [0.5, 0.6) is 0 Å². The fourth-order valence-corrected chi connectivity index (χ4v) is 9.69. The molecule has 3 nitrogen and oxygen atoms in total. The van der Waals surface area contributed by atoms with Crippen molar-refractivity contribution >= 4 is 71.7 Å². The summed E-state index contributed by atoms with van der Waals surface area (Å²) in [4.78, 5) is 2.40. The Morgan fingerprint density at radius 3 is 1.86 bits per heavy atom. The van der Waals surface area contributed by atoms with Crippen LogP contribution in [0.2, 0.25) is 0 Å². The van der Waals surface area contributed by atoms with Crippen LogP contribution < -0.4 is 4.90 Å². The van der Waals surface area contributed by atoms with Crippen LogP contribution >= 0.6 is 0 Å². The van der Waals surface area contributed by atoms with Gasteiger partial charge in [0.1, 0.15) is 22.3 Å². The topological polar surface area (TPSA) is 29.5 Å². The summed E-state index contributed by atoms with van der Waals surface area (Å²) < 4.78 is 12.9. The van der Waals surface area contributed by atoms with Gasteiger partial charge in [-0.3, -0.25) is 0 Å². The molecule has 3 heteroatoms. The first-order valence-electron chi connectivity index (χ1n) is 20.0. The molecule has 0 radical (unpaired) electrons. The Labute approximate surface area is 336 Å². The van der Waals surface area contributed by atoms with E-state index >= 15 is 0 Å². The lowest BCUT2D eigenvalue weighted by molar-refractivity contribution is 0.660. The van der Waals surface area contributed by atoms with E-state index in [1.54, 1.807) is 0 Å². The molecule has 0 bridgehead atoms. The van der Waals surface area contributed by atoms with Gasteiger partial charge in [0.25, 0.3) is 0 Å². The number of benzene rings is 9. The molecule has 12 rings (SSSR count). The van der Waals surface area contributed by atoms with Gasteiger partial charge < -0.3 is 13.7 Å². The van der Waals surface area contributed by atoms with Gasteiger partial charge in [0.05, 0.1) is 0 Å². The molecule has 1 aliphatic rings. The summed E-state index contributed by atoms with van der Waals surface area (Å²) >= 11 is 0. The van der Waals surface area contributed by atoms with Crippen LogP contribution in [0.1, 0.15) is 25.0 Å². The number of rotatable bonds is 5. The van der Waals surface area contributed by atoms with Crippen LogP contribution in [0.25, 0.3) is 88.0 Å². The zero-order chi connectivity index (χ0) is 38.5. The van der Waals surface area contributed by atoms with Gasteiger partial charge in [0.2, 0.25) is 0 Å². The van der Waals surface area contributed by atoms with E-state index in [9.17, 15) is 0 Å². The van der Waals surface area contributed by atoms with Gasteiger partial charge in [0, 0.05) is 49.4 Å². The Balaban J connectivity index is 1.03. The molecule has 2 aromatic heterocycles. The minimum Gasteiger partial charge on any atom is -0.456 e. The molecule has 0 fully saturated rings. The number of hydrogen-bond acceptors (Lipinski definition) is 3. The largest absolute Gasteiger partial charge is 0.456 e. The molecule has 9 aromatic carbocycles. The van der Waals surface area contributed by atoms with Crippen molar-refractivity contribution in [3.63, 3.8) is 0 Å². The van der Waals surface area contributed by atoms with Gasteiger partial charge in [-0.2, -0.15) is 0 Å². The number of hydrogen-bond donors (Lipinski definition) is 0. The predicted octanol–water partition coefficient (Wildman–Crippen LogP) is 15.7. The lowest BCUT2D eigenvalue weighted by atomic mass is 9.82. The molecule has 0 N–H and O–H groups in total. The zero-order valence-electron chi connectivity index (χ0n) is 32.2. The maximum Gasteiger partial charge on any atom is 0.143 e. The molecule has 0 spiro atoms. The van der Waals surface area contributed by atoms with Crippen LogP contribution in [0.4, 0.5) is 17.1 Å². The third-order valence-corrected chi connectivity index (χ3v) is 12.5. The molecule has 0 amide bonds. The van der Waals surface area contributed by atoms with E-state index in [0.717, 1.165) is 88.6 Å². The highest BCUT2D eigenvalue weighted by Crippen LogP contribution is 2.51. The number of fused-ring (bicyclic) bond motifs is 11. The Morgan fingerprint density at radius 1 is 0.379 bits per heavy atom. The lowest BCUT2D eigenvalue weighted by Gasteiger charge is -2.28. The second-order valence-electron chi connectivity index (χ2n) is 16.1. The SMILES string of the molecule is CC1(C)c2ccccc2-c2ccc(N(c3ccc(-c4cccc5oc6ccccc6c45)cc3)c3cccc(-c4cccc5oc6c7ccccc7ccc6c45)c3)cc21. The Hall–Kier alpha value is -7.36. The van der Waals surface area contributed by atoms with Gasteiger partial charge in [-0.05, 0) is 111 Å². The van der Waals surface area contributed by atoms with Crippen LogP contribution in [0.3, 0.4) is 0 Å². The second-order valence-corrected chi connectivity index (χ2v) is 16.1. The zero-order valence-corrected chi connectivity index (χ0v) is 32.2. The van der Waals surface area contributed by atoms with Crippen molar-refractivity contribution in [2.75, 3.05) is 4.90 Å². The molecule has 58 heavy (non-hydrogen) atoms. The van der Waals surface area contributed by atoms with E-state index in [2.05, 4.69) is 195 Å². The normalized spacial score (nSPS) is 13.1. The van der Waals surface area contributed by atoms with Gasteiger partial charge in [-0.15, -0.1) is 0 Å². The van der Waals surface area contributed by atoms with Crippen molar-refractivity contribution in [2.24, 2.45) is 0 Å². The minimum atomic E-state index is -0.131. The number of furan rings is 2. The Morgan fingerprint density at radius 2 is 1.00 bits per heavy atom. The molecule has 0 saturated carbocycles. The van der Waals surface area contributed by atoms with E-state index in [1.165, 1.54) is 27.6 Å². The Kier molecular flexibility index (Phi) is 6.98. The molecule has 2 heterocycles. The first kappa shape index (κ1) is 32.8. The van der Waals surface area contributed by atoms with Crippen molar-refractivity contribution in [3.8, 4) is 33.4 Å². The summed E-state index contributed by atoms with van der Waals surface area (Å²) in [5.41, 5.74) is 16.7. The highest BCUT2D eigenvalue weighted by atomic mass is 16.3. The van der Waals surface area contributed by atoms with Crippen molar-refractivity contribution in [3.05, 3.63) is 199 Å². The van der Waals surface area contributed by atoms with E-state index in [0.29, 0.717) is 0 Å². The average Bonchev–Trinajstić information content (AvgIpc) is 3.92. The van der Waals surface area contributed by atoms with Crippen LogP contribution in [0, 0.1) is 0 Å². The molecule has 1 aliphatic carbocycles. The summed E-state index contributed by atoms with van der Waals surface area (Å²) in [7, 11) is 0. The third-order valence-electron chi connectivity index (χ3n) is 12.5. The van der Waals surface area contributed by atoms with Gasteiger partial charge in [0.15, 0.2) is 0 Å². The van der Waals surface area contributed by atoms with E-state index < -0.39 is 0 Å². The summed E-state index contributed by atoms with van der Waals surface area (Å²) in [6.45, 7) is 4.70. The number of anilines is 3. The maximum atomic E-state index is 6.61. The van der Waals surface area contributed by atoms with Crippen molar-refractivity contribution in [1.82, 2.24) is 0 Å². The molecular weight excluding hydrogens is 707 g/mol. The summed E-state index contributed by atoms with van der Waals surface area (Å²) in [6, 6.07) is 67.7. The van der Waals surface area contributed by atoms with Crippen LogP contribution in [0.15, 0.2) is 197 Å². The van der Waals surface area contributed by atoms with Crippen molar-refractivity contribution in [2.45, 2.75) is 19.3 Å². The third kappa shape index (κ3) is 4.80. The van der Waals surface area contributed by atoms with E-state index in [-0.39, 0.29) is 5.41 Å². The van der Waals surface area contributed by atoms with E-state index in [1.807, 2.05) is 12.1 Å². The Bertz CT molecular complexity index is 3440. The first-order chi connectivity index (χ1) is 28.5. The maximum absolute atomic E-state index is 6.61. The standard InChI is InChI=1S/C55H37NO2/c1-55(2)47-20-7-5-16-43(47)44-31-29-39(33-48(44)55)56(37-27-24-35(25-28-37)40-18-10-22-50-52(40)45-17-6-8-21-49(45)57-50)38-14-9-13-36(32-38)41-19-11-23-51-53(41)46-30-26-34-12-3-4-15-42(34)54(46)58-51/h3-33H,1-2H3. The van der Waals surface area contributed by atoms with Gasteiger partial charge in [-0.1, -0.05) is 141 Å². The molecule has 0 aliphatic heterocycles.